The first-order chi connectivity index (χ1) is 20.1. The normalized spacial score (nSPS) is 11.3. The minimum absolute atomic E-state index is 0.0287. The number of pyridine rings is 1. The molecule has 5 rings (SSSR count). The van der Waals surface area contributed by atoms with E-state index in [9.17, 15) is 27.2 Å². The summed E-state index contributed by atoms with van der Waals surface area (Å²) in [5.41, 5.74) is 5.76. The van der Waals surface area contributed by atoms with Gasteiger partial charge < -0.3 is 15.5 Å². The van der Waals surface area contributed by atoms with E-state index in [4.69, 9.17) is 10.5 Å². The Morgan fingerprint density at radius 1 is 1.00 bits per heavy atom. The van der Waals surface area contributed by atoms with E-state index in [1.54, 1.807) is 36.7 Å². The van der Waals surface area contributed by atoms with Crippen LogP contribution in [0.1, 0.15) is 17.5 Å². The predicted octanol–water partition coefficient (Wildman–Crippen LogP) is 6.70. The monoisotopic (exact) mass is 578 g/mol. The van der Waals surface area contributed by atoms with Crippen LogP contribution in [0.2, 0.25) is 0 Å². The lowest BCUT2D eigenvalue weighted by atomic mass is 10.1. The zero-order valence-corrected chi connectivity index (χ0v) is 21.7. The van der Waals surface area contributed by atoms with Crippen LogP contribution < -0.4 is 20.7 Å². The van der Waals surface area contributed by atoms with Crippen LogP contribution in [0, 0.1) is 5.82 Å². The number of aromatic amines is 1. The van der Waals surface area contributed by atoms with E-state index in [0.717, 1.165) is 5.56 Å². The van der Waals surface area contributed by atoms with Crippen molar-refractivity contribution in [3.63, 3.8) is 0 Å². The summed E-state index contributed by atoms with van der Waals surface area (Å²) in [6, 6.07) is 14.8. The number of benzene rings is 3. The van der Waals surface area contributed by atoms with Gasteiger partial charge in [-0.3, -0.25) is 20.0 Å². The smallest absolute Gasteiger partial charge is 0.416 e. The second-order valence-electron chi connectivity index (χ2n) is 9.11. The minimum Gasteiger partial charge on any atom is -0.457 e. The number of fused-ring (bicyclic) bond motifs is 1. The van der Waals surface area contributed by atoms with Crippen molar-refractivity contribution in [1.29, 1.82) is 0 Å². The van der Waals surface area contributed by atoms with E-state index >= 15 is 0 Å². The third-order valence-electron chi connectivity index (χ3n) is 6.14. The van der Waals surface area contributed by atoms with Crippen molar-refractivity contribution in [3.05, 3.63) is 102 Å². The number of primary amides is 1. The van der Waals surface area contributed by atoms with Crippen molar-refractivity contribution in [2.45, 2.75) is 19.0 Å². The number of urea groups is 1. The Morgan fingerprint density at radius 2 is 1.76 bits per heavy atom. The van der Waals surface area contributed by atoms with Crippen molar-refractivity contribution in [2.24, 2.45) is 5.73 Å². The molecule has 0 aliphatic carbocycles. The van der Waals surface area contributed by atoms with Crippen LogP contribution in [0.4, 0.5) is 39.7 Å². The highest BCUT2D eigenvalue weighted by Gasteiger charge is 2.32. The average Bonchev–Trinajstić information content (AvgIpc) is 3.35. The molecule has 0 atom stereocenters. The number of carbonyl (C=O) groups excluding carboxylic acids is 2. The number of halogens is 4. The summed E-state index contributed by atoms with van der Waals surface area (Å²) >= 11 is 0. The molecule has 13 heteroatoms. The van der Waals surface area contributed by atoms with Crippen LogP contribution in [0.25, 0.3) is 11.0 Å². The van der Waals surface area contributed by atoms with Crippen LogP contribution in [0.3, 0.4) is 0 Å². The molecule has 2 heterocycles. The Bertz CT molecular complexity index is 1740. The summed E-state index contributed by atoms with van der Waals surface area (Å²) in [6.45, 7) is 0. The topological polar surface area (TPSA) is 126 Å². The fraction of sp³-hybridized carbons (Fsp3) is 0.103. The highest BCUT2D eigenvalue weighted by Crippen LogP contribution is 2.36. The van der Waals surface area contributed by atoms with E-state index in [0.29, 0.717) is 52.1 Å². The van der Waals surface area contributed by atoms with Crippen LogP contribution in [0.5, 0.6) is 11.5 Å². The number of carbonyl (C=O) groups is 2. The van der Waals surface area contributed by atoms with E-state index in [-0.39, 0.29) is 24.0 Å². The molecule has 3 aromatic carbocycles. The molecule has 42 heavy (non-hydrogen) atoms. The van der Waals surface area contributed by atoms with Crippen LogP contribution in [-0.2, 0) is 17.4 Å². The van der Waals surface area contributed by atoms with Crippen molar-refractivity contribution in [1.82, 2.24) is 15.0 Å². The van der Waals surface area contributed by atoms with Gasteiger partial charge in [-0.1, -0.05) is 6.07 Å². The number of rotatable bonds is 8. The number of aromatic nitrogens is 3. The molecule has 2 aromatic heterocycles. The van der Waals surface area contributed by atoms with Crippen molar-refractivity contribution in [3.8, 4) is 11.5 Å². The lowest BCUT2D eigenvalue weighted by molar-refractivity contribution is -0.137. The molecule has 214 valence electrons. The lowest BCUT2D eigenvalue weighted by Crippen LogP contribution is -2.32. The average molecular weight is 579 g/mol. The number of amides is 3. The van der Waals surface area contributed by atoms with Crippen molar-refractivity contribution < 1.29 is 31.9 Å². The number of nitrogens with zero attached hydrogens (tertiary/aromatic N) is 3. The third kappa shape index (κ3) is 6.46. The molecular formula is C29H22F4N6O3. The summed E-state index contributed by atoms with van der Waals surface area (Å²) in [7, 11) is 0. The molecule has 5 aromatic rings. The standard InChI is InChI=1S/C29H22F4N6O3/c30-22-10-4-18(29(31,32)33)14-25(22)39(27(34)41)19-5-7-20(8-6-19)42-21-9-11-23-24(15-21)37-28(36-23)38-26(40)12-3-17-2-1-13-35-16-17/h1-2,4-11,13-16H,3,12H2,(H2,34,41)(H2,36,37,38,40). The molecule has 0 fully saturated rings. The van der Waals surface area contributed by atoms with Gasteiger partial charge in [-0.15, -0.1) is 0 Å². The Balaban J connectivity index is 1.28. The molecule has 0 unspecified atom stereocenters. The number of aryl methyl sites for hydroxylation is 1. The highest BCUT2D eigenvalue weighted by molar-refractivity contribution is 5.98. The zero-order chi connectivity index (χ0) is 29.9. The minimum atomic E-state index is -4.74. The molecule has 9 nitrogen and oxygen atoms in total. The number of nitrogens with one attached hydrogen (secondary N) is 2. The summed E-state index contributed by atoms with van der Waals surface area (Å²) in [5.74, 6) is -0.279. The van der Waals surface area contributed by atoms with E-state index in [2.05, 4.69) is 20.3 Å². The number of alkyl halides is 3. The number of hydrogen-bond donors (Lipinski definition) is 3. The molecule has 0 aliphatic heterocycles. The highest BCUT2D eigenvalue weighted by atomic mass is 19.4. The Morgan fingerprint density at radius 3 is 2.45 bits per heavy atom. The van der Waals surface area contributed by atoms with Gasteiger partial charge in [0.25, 0.3) is 0 Å². The second kappa shape index (κ2) is 11.6. The Hall–Kier alpha value is -5.46. The molecule has 0 radical (unpaired) electrons. The zero-order valence-electron chi connectivity index (χ0n) is 21.7. The maximum atomic E-state index is 14.5. The number of nitrogens with two attached hydrogens (primary N) is 1. The molecule has 0 spiro atoms. The van der Waals surface area contributed by atoms with Gasteiger partial charge >= 0.3 is 12.2 Å². The summed E-state index contributed by atoms with van der Waals surface area (Å²) in [4.78, 5) is 36.5. The number of anilines is 3. The maximum Gasteiger partial charge on any atom is 0.416 e. The second-order valence-corrected chi connectivity index (χ2v) is 9.11. The van der Waals surface area contributed by atoms with Gasteiger partial charge in [0.05, 0.1) is 28.0 Å². The predicted molar refractivity (Wildman–Crippen MR) is 147 cm³/mol. The van der Waals surface area contributed by atoms with Gasteiger partial charge in [-0.2, -0.15) is 13.2 Å². The molecule has 0 saturated carbocycles. The van der Waals surface area contributed by atoms with Gasteiger partial charge in [0.2, 0.25) is 11.9 Å². The molecule has 3 amide bonds. The summed E-state index contributed by atoms with van der Waals surface area (Å²) < 4.78 is 59.8. The molecule has 4 N–H and O–H groups in total. The molecule has 0 saturated heterocycles. The van der Waals surface area contributed by atoms with E-state index < -0.39 is 29.3 Å². The summed E-state index contributed by atoms with van der Waals surface area (Å²) in [6.07, 6.45) is -0.599. The van der Waals surface area contributed by atoms with Crippen molar-refractivity contribution >= 4 is 40.3 Å². The van der Waals surface area contributed by atoms with E-state index in [1.165, 1.54) is 24.3 Å². The lowest BCUT2D eigenvalue weighted by Gasteiger charge is -2.22. The first-order valence-corrected chi connectivity index (χ1v) is 12.5. The quantitative estimate of drug-likeness (QED) is 0.177. The molecular weight excluding hydrogens is 556 g/mol. The largest absolute Gasteiger partial charge is 0.457 e. The number of imidazole rings is 1. The van der Waals surface area contributed by atoms with Gasteiger partial charge in [0, 0.05) is 24.9 Å². The fourth-order valence-electron chi connectivity index (χ4n) is 4.15. The molecule has 0 aliphatic rings. The Kier molecular flexibility index (Phi) is 7.74. The SMILES string of the molecule is NC(=O)N(c1ccc(Oc2ccc3nc(NC(=O)CCc4cccnc4)[nH]c3c2)cc1)c1cc(C(F)(F)F)ccc1F. The van der Waals surface area contributed by atoms with Crippen LogP contribution >= 0.6 is 0 Å². The first-order valence-electron chi connectivity index (χ1n) is 12.5. The van der Waals surface area contributed by atoms with Gasteiger partial charge in [0.1, 0.15) is 17.3 Å². The van der Waals surface area contributed by atoms with Gasteiger partial charge in [0.15, 0.2) is 0 Å². The first kappa shape index (κ1) is 28.1. The van der Waals surface area contributed by atoms with Crippen LogP contribution in [0.15, 0.2) is 85.2 Å². The maximum absolute atomic E-state index is 14.5. The number of H-pyrrole nitrogens is 1. The van der Waals surface area contributed by atoms with Crippen LogP contribution in [-0.4, -0.2) is 26.9 Å². The number of ether oxygens (including phenoxy) is 1. The van der Waals surface area contributed by atoms with Gasteiger partial charge in [-0.25, -0.2) is 14.2 Å². The molecule has 0 bridgehead atoms. The number of hydrogen-bond acceptors (Lipinski definition) is 5. The summed E-state index contributed by atoms with van der Waals surface area (Å²) in [5, 5.41) is 2.73. The Labute approximate surface area is 236 Å². The van der Waals surface area contributed by atoms with Crippen molar-refractivity contribution in [2.75, 3.05) is 10.2 Å². The third-order valence-corrected chi connectivity index (χ3v) is 6.14. The fourth-order valence-corrected chi connectivity index (χ4v) is 4.15. The van der Waals surface area contributed by atoms with E-state index in [1.807, 2.05) is 6.07 Å². The van der Waals surface area contributed by atoms with Gasteiger partial charge in [-0.05, 0) is 72.6 Å².